The summed E-state index contributed by atoms with van der Waals surface area (Å²) < 4.78 is 0. The number of benzene rings is 1. The summed E-state index contributed by atoms with van der Waals surface area (Å²) in [6.07, 6.45) is 0.402. The molecule has 0 saturated carbocycles. The predicted molar refractivity (Wildman–Crippen MR) is 77.0 cm³/mol. The van der Waals surface area contributed by atoms with E-state index in [0.717, 1.165) is 5.56 Å². The summed E-state index contributed by atoms with van der Waals surface area (Å²) in [6.45, 7) is 3.57. The molecule has 0 aliphatic heterocycles. The molecule has 1 rings (SSSR count). The van der Waals surface area contributed by atoms with E-state index in [2.05, 4.69) is 10.5 Å². The highest BCUT2D eigenvalue weighted by Gasteiger charge is 2.22. The monoisotopic (exact) mass is 303 g/mol. The molecular weight excluding hydrogens is 289 g/mol. The van der Waals surface area contributed by atoms with Crippen LogP contribution >= 0.6 is 23.2 Å². The first kappa shape index (κ1) is 15.6. The van der Waals surface area contributed by atoms with Crippen molar-refractivity contribution in [2.45, 2.75) is 20.3 Å². The molecule has 19 heavy (non-hydrogen) atoms. The van der Waals surface area contributed by atoms with Crippen LogP contribution in [0.5, 0.6) is 0 Å². The fourth-order valence-corrected chi connectivity index (χ4v) is 1.99. The summed E-state index contributed by atoms with van der Waals surface area (Å²) in [5.41, 5.74) is 6.66. The van der Waals surface area contributed by atoms with Gasteiger partial charge in [-0.1, -0.05) is 35.3 Å². The van der Waals surface area contributed by atoms with Crippen LogP contribution in [0, 0.1) is 12.8 Å². The summed E-state index contributed by atoms with van der Waals surface area (Å²) >= 11 is 12.0. The first-order valence-corrected chi connectivity index (χ1v) is 6.40. The third kappa shape index (κ3) is 3.75. The lowest BCUT2D eigenvalue weighted by atomic mass is 10.0. The van der Waals surface area contributed by atoms with Crippen LogP contribution in [0.3, 0.4) is 0 Å². The first-order valence-electron chi connectivity index (χ1n) is 5.64. The molecule has 1 aromatic carbocycles. The summed E-state index contributed by atoms with van der Waals surface area (Å²) in [7, 11) is 0. The van der Waals surface area contributed by atoms with Gasteiger partial charge in [-0.15, -0.1) is 0 Å². The van der Waals surface area contributed by atoms with Gasteiger partial charge in [-0.2, -0.15) is 0 Å². The van der Waals surface area contributed by atoms with Crippen molar-refractivity contribution in [1.29, 1.82) is 0 Å². The Morgan fingerprint density at radius 2 is 2.11 bits per heavy atom. The number of halogens is 2. The lowest BCUT2D eigenvalue weighted by molar-refractivity contribution is -0.118. The minimum Gasteiger partial charge on any atom is -0.409 e. The van der Waals surface area contributed by atoms with Crippen molar-refractivity contribution < 1.29 is 10.0 Å². The highest BCUT2D eigenvalue weighted by Crippen LogP contribution is 2.29. The zero-order valence-corrected chi connectivity index (χ0v) is 12.1. The van der Waals surface area contributed by atoms with Crippen molar-refractivity contribution in [3.05, 3.63) is 27.7 Å². The maximum absolute atomic E-state index is 12.0. The van der Waals surface area contributed by atoms with Gasteiger partial charge in [0.1, 0.15) is 0 Å². The molecule has 1 atom stereocenters. The summed E-state index contributed by atoms with van der Waals surface area (Å²) in [5.74, 6) is -1.27. The molecule has 104 valence electrons. The SMILES string of the molecule is CCC(C(=O)Nc1cc(Cl)c(C)cc1Cl)/C(N)=N/O. The molecule has 0 aliphatic rings. The van der Waals surface area contributed by atoms with E-state index in [9.17, 15) is 4.79 Å². The zero-order valence-electron chi connectivity index (χ0n) is 10.6. The van der Waals surface area contributed by atoms with Crippen molar-refractivity contribution in [1.82, 2.24) is 0 Å². The van der Waals surface area contributed by atoms with Crippen molar-refractivity contribution in [2.24, 2.45) is 16.8 Å². The average Bonchev–Trinajstić information content (AvgIpc) is 2.36. The third-order valence-corrected chi connectivity index (χ3v) is 3.42. The van der Waals surface area contributed by atoms with Gasteiger partial charge in [0.05, 0.1) is 16.6 Å². The Morgan fingerprint density at radius 3 is 2.63 bits per heavy atom. The van der Waals surface area contributed by atoms with Crippen LogP contribution in [0.1, 0.15) is 18.9 Å². The van der Waals surface area contributed by atoms with Gasteiger partial charge in [-0.25, -0.2) is 0 Å². The molecule has 0 aliphatic carbocycles. The second-order valence-corrected chi connectivity index (χ2v) is 4.87. The Bertz CT molecular complexity index is 518. The molecule has 1 amide bonds. The minimum absolute atomic E-state index is 0.144. The van der Waals surface area contributed by atoms with Crippen molar-refractivity contribution in [2.75, 3.05) is 5.32 Å². The van der Waals surface area contributed by atoms with E-state index in [1.165, 1.54) is 0 Å². The van der Waals surface area contributed by atoms with Crippen LogP contribution in [-0.2, 0) is 4.79 Å². The molecule has 0 saturated heterocycles. The van der Waals surface area contributed by atoms with E-state index < -0.39 is 11.8 Å². The predicted octanol–water partition coefficient (Wildman–Crippen LogP) is 3.01. The molecule has 1 unspecified atom stereocenters. The minimum atomic E-state index is -0.721. The van der Waals surface area contributed by atoms with Crippen molar-refractivity contribution in [3.8, 4) is 0 Å². The van der Waals surface area contributed by atoms with Crippen LogP contribution < -0.4 is 11.1 Å². The number of aryl methyl sites for hydroxylation is 1. The molecule has 5 nitrogen and oxygen atoms in total. The fraction of sp³-hybridized carbons (Fsp3) is 0.333. The molecule has 0 spiro atoms. The van der Waals surface area contributed by atoms with Gasteiger partial charge in [0.15, 0.2) is 5.84 Å². The van der Waals surface area contributed by atoms with E-state index in [1.54, 1.807) is 19.1 Å². The lowest BCUT2D eigenvalue weighted by Crippen LogP contribution is -2.34. The Hall–Kier alpha value is -1.46. The molecule has 0 radical (unpaired) electrons. The highest BCUT2D eigenvalue weighted by molar-refractivity contribution is 6.36. The number of oxime groups is 1. The largest absolute Gasteiger partial charge is 0.409 e. The van der Waals surface area contributed by atoms with Gasteiger partial charge in [0.2, 0.25) is 5.91 Å². The Kier molecular flexibility index (Phi) is 5.44. The second kappa shape index (κ2) is 6.63. The second-order valence-electron chi connectivity index (χ2n) is 4.06. The normalized spacial score (nSPS) is 13.2. The number of hydrogen-bond donors (Lipinski definition) is 3. The van der Waals surface area contributed by atoms with Crippen LogP contribution in [-0.4, -0.2) is 17.0 Å². The molecule has 0 heterocycles. The van der Waals surface area contributed by atoms with Crippen molar-refractivity contribution in [3.63, 3.8) is 0 Å². The highest BCUT2D eigenvalue weighted by atomic mass is 35.5. The standard InChI is InChI=1S/C12H15Cl2N3O2/c1-3-7(11(15)17-19)12(18)16-10-5-8(13)6(2)4-9(10)14/h4-5,7,19H,3H2,1-2H3,(H2,15,17)(H,16,18). The number of anilines is 1. The number of nitrogens with zero attached hydrogens (tertiary/aromatic N) is 1. The molecule has 0 bridgehead atoms. The molecular formula is C12H15Cl2N3O2. The van der Waals surface area contributed by atoms with Crippen molar-refractivity contribution >= 4 is 40.6 Å². The van der Waals surface area contributed by atoms with Crippen LogP contribution in [0.4, 0.5) is 5.69 Å². The summed E-state index contributed by atoms with van der Waals surface area (Å²) in [4.78, 5) is 12.0. The number of nitrogens with two attached hydrogens (primary N) is 1. The molecule has 7 heteroatoms. The van der Waals surface area contributed by atoms with Crippen LogP contribution in [0.15, 0.2) is 17.3 Å². The average molecular weight is 304 g/mol. The van der Waals surface area contributed by atoms with Gasteiger partial charge in [-0.05, 0) is 31.0 Å². The molecule has 4 N–H and O–H groups in total. The molecule has 1 aromatic rings. The topological polar surface area (TPSA) is 87.7 Å². The molecule has 0 aromatic heterocycles. The number of carbonyl (C=O) groups is 1. The van der Waals surface area contributed by atoms with Crippen LogP contribution in [0.25, 0.3) is 0 Å². The quantitative estimate of drug-likeness (QED) is 0.346. The van der Waals surface area contributed by atoms with E-state index in [0.29, 0.717) is 22.2 Å². The van der Waals surface area contributed by atoms with Gasteiger partial charge in [-0.3, -0.25) is 4.79 Å². The van der Waals surface area contributed by atoms with Crippen LogP contribution in [0.2, 0.25) is 10.0 Å². The number of hydrogen-bond acceptors (Lipinski definition) is 3. The fourth-order valence-electron chi connectivity index (χ4n) is 1.56. The van der Waals surface area contributed by atoms with E-state index in [-0.39, 0.29) is 5.84 Å². The number of amides is 1. The number of nitrogens with one attached hydrogen (secondary N) is 1. The maximum atomic E-state index is 12.0. The number of carbonyl (C=O) groups excluding carboxylic acids is 1. The zero-order chi connectivity index (χ0) is 14.6. The number of rotatable bonds is 4. The van der Waals surface area contributed by atoms with Gasteiger partial charge in [0.25, 0.3) is 0 Å². The molecule has 0 fully saturated rings. The Balaban J connectivity index is 2.96. The van der Waals surface area contributed by atoms with Gasteiger partial charge >= 0.3 is 0 Å². The summed E-state index contributed by atoms with van der Waals surface area (Å²) in [6, 6.07) is 3.22. The Labute approximate surface area is 121 Å². The Morgan fingerprint density at radius 1 is 1.47 bits per heavy atom. The maximum Gasteiger partial charge on any atom is 0.235 e. The van der Waals surface area contributed by atoms with E-state index in [1.807, 2.05) is 6.92 Å². The third-order valence-electron chi connectivity index (χ3n) is 2.70. The van der Waals surface area contributed by atoms with Gasteiger partial charge < -0.3 is 16.3 Å². The lowest BCUT2D eigenvalue weighted by Gasteiger charge is -2.15. The first-order chi connectivity index (χ1) is 8.90. The van der Waals surface area contributed by atoms with E-state index >= 15 is 0 Å². The van der Waals surface area contributed by atoms with Gasteiger partial charge in [0, 0.05) is 5.02 Å². The summed E-state index contributed by atoms with van der Waals surface area (Å²) in [5, 5.41) is 15.0. The van der Waals surface area contributed by atoms with E-state index in [4.69, 9.17) is 34.1 Å². The number of amidine groups is 1. The smallest absolute Gasteiger partial charge is 0.235 e.